The standard InChI is InChI=1S/C17H17ClN2OS2/c1-2-3-8-20-16(21)15-14(7-9-22-15)19-17(20)23-11-12-5-4-6-13(18)10-12/h4-7,9-10H,2-3,8,11H2,1H3. The number of hydrogen-bond donors (Lipinski definition) is 0. The van der Waals surface area contributed by atoms with Gasteiger partial charge in [0, 0.05) is 17.3 Å². The minimum atomic E-state index is 0.0760. The van der Waals surface area contributed by atoms with Crippen molar-refractivity contribution in [2.75, 3.05) is 0 Å². The van der Waals surface area contributed by atoms with E-state index in [4.69, 9.17) is 11.6 Å². The lowest BCUT2D eigenvalue weighted by Crippen LogP contribution is -2.22. The van der Waals surface area contributed by atoms with E-state index in [1.807, 2.05) is 40.3 Å². The predicted molar refractivity (Wildman–Crippen MR) is 99.8 cm³/mol. The number of aromatic nitrogens is 2. The molecule has 0 atom stereocenters. The van der Waals surface area contributed by atoms with E-state index in [1.165, 1.54) is 11.3 Å². The largest absolute Gasteiger partial charge is 0.286 e. The summed E-state index contributed by atoms with van der Waals surface area (Å²) < 4.78 is 2.56. The number of rotatable bonds is 6. The van der Waals surface area contributed by atoms with Crippen molar-refractivity contribution < 1.29 is 0 Å². The second-order valence-electron chi connectivity index (χ2n) is 5.26. The number of nitrogens with zero attached hydrogens (tertiary/aromatic N) is 2. The van der Waals surface area contributed by atoms with E-state index < -0.39 is 0 Å². The lowest BCUT2D eigenvalue weighted by Gasteiger charge is -2.11. The van der Waals surface area contributed by atoms with Crippen LogP contribution < -0.4 is 5.56 Å². The maximum Gasteiger partial charge on any atom is 0.272 e. The Balaban J connectivity index is 1.92. The third-order valence-corrected chi connectivity index (χ3v) is 5.70. The Bertz CT molecular complexity index is 872. The summed E-state index contributed by atoms with van der Waals surface area (Å²) in [5.41, 5.74) is 2.00. The highest BCUT2D eigenvalue weighted by Crippen LogP contribution is 2.25. The lowest BCUT2D eigenvalue weighted by molar-refractivity contribution is 0.558. The number of thiophene rings is 1. The fourth-order valence-corrected chi connectivity index (χ4v) is 4.28. The van der Waals surface area contributed by atoms with Crippen molar-refractivity contribution in [2.45, 2.75) is 37.2 Å². The SMILES string of the molecule is CCCCn1c(SCc2cccc(Cl)c2)nc2ccsc2c1=O. The van der Waals surface area contributed by atoms with Crippen molar-refractivity contribution >= 4 is 44.9 Å². The van der Waals surface area contributed by atoms with Gasteiger partial charge >= 0.3 is 0 Å². The average Bonchev–Trinajstić information content (AvgIpc) is 3.01. The lowest BCUT2D eigenvalue weighted by atomic mass is 10.2. The zero-order valence-corrected chi connectivity index (χ0v) is 15.2. The highest BCUT2D eigenvalue weighted by atomic mass is 35.5. The van der Waals surface area contributed by atoms with E-state index in [0.717, 1.165) is 44.6 Å². The van der Waals surface area contributed by atoms with Crippen LogP contribution in [0, 0.1) is 0 Å². The van der Waals surface area contributed by atoms with Crippen LogP contribution >= 0.6 is 34.7 Å². The highest BCUT2D eigenvalue weighted by Gasteiger charge is 2.12. The van der Waals surface area contributed by atoms with Gasteiger partial charge in [-0.3, -0.25) is 9.36 Å². The number of thioether (sulfide) groups is 1. The van der Waals surface area contributed by atoms with Crippen LogP contribution in [0.4, 0.5) is 0 Å². The average molecular weight is 365 g/mol. The van der Waals surface area contributed by atoms with Gasteiger partial charge in [-0.15, -0.1) is 11.3 Å². The summed E-state index contributed by atoms with van der Waals surface area (Å²) in [6.45, 7) is 2.84. The summed E-state index contributed by atoms with van der Waals surface area (Å²) in [6.07, 6.45) is 2.02. The molecule has 1 aromatic carbocycles. The molecule has 23 heavy (non-hydrogen) atoms. The van der Waals surface area contributed by atoms with Gasteiger partial charge in [-0.1, -0.05) is 48.8 Å². The molecule has 0 aliphatic heterocycles. The van der Waals surface area contributed by atoms with Gasteiger partial charge in [0.2, 0.25) is 0 Å². The zero-order valence-electron chi connectivity index (χ0n) is 12.8. The van der Waals surface area contributed by atoms with Gasteiger partial charge in [0.05, 0.1) is 5.52 Å². The molecular formula is C17H17ClN2OS2. The molecule has 0 aliphatic rings. The normalized spacial score (nSPS) is 11.2. The number of fused-ring (bicyclic) bond motifs is 1. The van der Waals surface area contributed by atoms with E-state index >= 15 is 0 Å². The van der Waals surface area contributed by atoms with Crippen LogP contribution in [0.15, 0.2) is 45.7 Å². The number of benzene rings is 1. The Morgan fingerprint density at radius 2 is 2.22 bits per heavy atom. The predicted octanol–water partition coefficient (Wildman–Crippen LogP) is 5.20. The van der Waals surface area contributed by atoms with E-state index in [9.17, 15) is 4.79 Å². The third-order valence-electron chi connectivity index (χ3n) is 3.52. The van der Waals surface area contributed by atoms with Crippen molar-refractivity contribution in [2.24, 2.45) is 0 Å². The Morgan fingerprint density at radius 1 is 1.35 bits per heavy atom. The summed E-state index contributed by atoms with van der Waals surface area (Å²) in [7, 11) is 0. The molecule has 0 radical (unpaired) electrons. The Labute approximate surface area is 148 Å². The minimum Gasteiger partial charge on any atom is -0.286 e. The molecule has 3 aromatic rings. The van der Waals surface area contributed by atoms with Crippen LogP contribution in [0.2, 0.25) is 5.02 Å². The Morgan fingerprint density at radius 3 is 3.00 bits per heavy atom. The molecule has 0 aliphatic carbocycles. The molecule has 2 aromatic heterocycles. The number of halogens is 1. The number of unbranched alkanes of at least 4 members (excludes halogenated alkanes) is 1. The molecule has 0 fully saturated rings. The quantitative estimate of drug-likeness (QED) is 0.445. The molecule has 120 valence electrons. The first-order chi connectivity index (χ1) is 11.2. The minimum absolute atomic E-state index is 0.0760. The van der Waals surface area contributed by atoms with Crippen molar-refractivity contribution in [1.82, 2.24) is 9.55 Å². The van der Waals surface area contributed by atoms with Gasteiger partial charge in [-0.2, -0.15) is 0 Å². The van der Waals surface area contributed by atoms with Gasteiger partial charge in [0.25, 0.3) is 5.56 Å². The second kappa shape index (κ2) is 7.51. The summed E-state index contributed by atoms with van der Waals surface area (Å²) in [5.74, 6) is 0.745. The Hall–Kier alpha value is -1.30. The van der Waals surface area contributed by atoms with Gasteiger partial charge in [-0.25, -0.2) is 4.98 Å². The van der Waals surface area contributed by atoms with E-state index in [2.05, 4.69) is 11.9 Å². The van der Waals surface area contributed by atoms with E-state index in [0.29, 0.717) is 6.54 Å². The molecule has 0 unspecified atom stereocenters. The highest BCUT2D eigenvalue weighted by molar-refractivity contribution is 7.98. The fourth-order valence-electron chi connectivity index (χ4n) is 2.32. The molecule has 2 heterocycles. The first kappa shape index (κ1) is 16.6. The topological polar surface area (TPSA) is 34.9 Å². The van der Waals surface area contributed by atoms with Crippen LogP contribution in [-0.4, -0.2) is 9.55 Å². The van der Waals surface area contributed by atoms with Crippen molar-refractivity contribution in [1.29, 1.82) is 0 Å². The molecule has 0 N–H and O–H groups in total. The molecule has 0 spiro atoms. The van der Waals surface area contributed by atoms with Gasteiger partial charge in [-0.05, 0) is 35.6 Å². The van der Waals surface area contributed by atoms with Crippen LogP contribution in [0.1, 0.15) is 25.3 Å². The summed E-state index contributed by atoms with van der Waals surface area (Å²) in [5, 5.41) is 3.44. The maximum absolute atomic E-state index is 12.7. The van der Waals surface area contributed by atoms with Gasteiger partial charge in [0.1, 0.15) is 4.70 Å². The van der Waals surface area contributed by atoms with E-state index in [-0.39, 0.29) is 5.56 Å². The summed E-state index contributed by atoms with van der Waals surface area (Å²) in [6, 6.07) is 9.71. The first-order valence-electron chi connectivity index (χ1n) is 7.54. The Kier molecular flexibility index (Phi) is 5.41. The molecule has 6 heteroatoms. The molecule has 0 bridgehead atoms. The third kappa shape index (κ3) is 3.79. The smallest absolute Gasteiger partial charge is 0.272 e. The molecule has 3 nitrogen and oxygen atoms in total. The maximum atomic E-state index is 12.7. The van der Waals surface area contributed by atoms with Crippen molar-refractivity contribution in [3.05, 3.63) is 56.7 Å². The first-order valence-corrected chi connectivity index (χ1v) is 9.78. The molecular weight excluding hydrogens is 348 g/mol. The molecule has 3 rings (SSSR count). The number of hydrogen-bond acceptors (Lipinski definition) is 4. The van der Waals surface area contributed by atoms with E-state index in [1.54, 1.807) is 11.8 Å². The zero-order chi connectivity index (χ0) is 16.2. The molecule has 0 amide bonds. The van der Waals surface area contributed by atoms with Crippen molar-refractivity contribution in [3.8, 4) is 0 Å². The van der Waals surface area contributed by atoms with Crippen LogP contribution in [0.25, 0.3) is 10.2 Å². The van der Waals surface area contributed by atoms with Crippen LogP contribution in [0.5, 0.6) is 0 Å². The van der Waals surface area contributed by atoms with Crippen molar-refractivity contribution in [3.63, 3.8) is 0 Å². The van der Waals surface area contributed by atoms with Gasteiger partial charge < -0.3 is 0 Å². The molecule has 0 saturated heterocycles. The molecule has 0 saturated carbocycles. The van der Waals surface area contributed by atoms with Gasteiger partial charge in [0.15, 0.2) is 5.16 Å². The second-order valence-corrected chi connectivity index (χ2v) is 7.55. The van der Waals surface area contributed by atoms with Crippen LogP contribution in [0.3, 0.4) is 0 Å². The monoisotopic (exact) mass is 364 g/mol. The summed E-state index contributed by atoms with van der Waals surface area (Å²) >= 11 is 9.09. The summed E-state index contributed by atoms with van der Waals surface area (Å²) in [4.78, 5) is 17.4. The fraction of sp³-hybridized carbons (Fsp3) is 0.294. The van der Waals surface area contributed by atoms with Crippen LogP contribution in [-0.2, 0) is 12.3 Å².